The van der Waals surface area contributed by atoms with Crippen LogP contribution in [0.25, 0.3) is 0 Å². The van der Waals surface area contributed by atoms with E-state index in [0.29, 0.717) is 5.56 Å². The molecule has 1 rings (SSSR count). The van der Waals surface area contributed by atoms with Crippen LogP contribution < -0.4 is 0 Å². The Labute approximate surface area is 119 Å². The van der Waals surface area contributed by atoms with E-state index in [2.05, 4.69) is 0 Å². The highest BCUT2D eigenvalue weighted by atomic mass is 16.5. The summed E-state index contributed by atoms with van der Waals surface area (Å²) in [5.41, 5.74) is 0.112. The minimum Gasteiger partial charge on any atom is -0.465 e. The number of rotatable bonds is 5. The normalized spacial score (nSPS) is 12.3. The molecule has 0 saturated heterocycles. The molecular formula is C16H19NO3. The molecule has 0 heterocycles. The Hall–Kier alpha value is -2.15. The number of Topliss-reactive ketones (excluding diaryl/α,β-unsaturated/α-hetero) is 1. The minimum atomic E-state index is -1.12. The number of benzene rings is 1. The van der Waals surface area contributed by atoms with Gasteiger partial charge in [-0.15, -0.1) is 0 Å². The molecule has 0 aliphatic rings. The van der Waals surface area contributed by atoms with E-state index in [1.165, 1.54) is 0 Å². The highest BCUT2D eigenvalue weighted by Crippen LogP contribution is 2.31. The summed E-state index contributed by atoms with van der Waals surface area (Å²) in [5.74, 6) is -2.13. The Bertz CT molecular complexity index is 555. The fourth-order valence-corrected chi connectivity index (χ4v) is 2.02. The molecule has 0 radical (unpaired) electrons. The van der Waals surface area contributed by atoms with Crippen molar-refractivity contribution in [3.63, 3.8) is 0 Å². The first-order valence-electron chi connectivity index (χ1n) is 6.53. The molecule has 1 atom stereocenters. The third-order valence-corrected chi connectivity index (χ3v) is 3.20. The average Bonchev–Trinajstić information content (AvgIpc) is 2.39. The molecule has 0 fully saturated rings. The maximum Gasteiger partial charge on any atom is 0.318 e. The van der Waals surface area contributed by atoms with Crippen LogP contribution in [0.4, 0.5) is 0 Å². The van der Waals surface area contributed by atoms with Gasteiger partial charge in [0.25, 0.3) is 0 Å². The molecule has 0 aliphatic carbocycles. The van der Waals surface area contributed by atoms with Crippen molar-refractivity contribution < 1.29 is 14.3 Å². The average molecular weight is 273 g/mol. The van der Waals surface area contributed by atoms with Gasteiger partial charge in [0.05, 0.1) is 18.1 Å². The maximum atomic E-state index is 12.6. The highest BCUT2D eigenvalue weighted by molar-refractivity contribution is 6.10. The van der Waals surface area contributed by atoms with E-state index < -0.39 is 17.3 Å². The number of hydrogen-bond donors (Lipinski definition) is 0. The molecule has 20 heavy (non-hydrogen) atoms. The number of carbonyl (C=O) groups excluding carboxylic acids is 2. The quantitative estimate of drug-likeness (QED) is 0.470. The number of carbonyl (C=O) groups is 2. The number of nitrogens with zero attached hydrogens (tertiary/aromatic N) is 1. The second-order valence-electron chi connectivity index (χ2n) is 5.20. The van der Waals surface area contributed by atoms with Crippen LogP contribution in [-0.4, -0.2) is 18.4 Å². The number of aryl methyl sites for hydroxylation is 1. The summed E-state index contributed by atoms with van der Waals surface area (Å²) in [6.45, 7) is 6.80. The van der Waals surface area contributed by atoms with Crippen LogP contribution in [0.2, 0.25) is 0 Å². The van der Waals surface area contributed by atoms with Crippen molar-refractivity contribution in [2.24, 2.45) is 11.3 Å². The molecule has 0 bridgehead atoms. The Kier molecular flexibility index (Phi) is 5.04. The van der Waals surface area contributed by atoms with Gasteiger partial charge in [-0.05, 0) is 33.3 Å². The van der Waals surface area contributed by atoms with E-state index in [4.69, 9.17) is 4.74 Å². The van der Waals surface area contributed by atoms with Crippen molar-refractivity contribution in [1.29, 1.82) is 5.26 Å². The molecule has 4 heteroatoms. The van der Waals surface area contributed by atoms with E-state index in [-0.39, 0.29) is 12.4 Å². The second-order valence-corrected chi connectivity index (χ2v) is 5.20. The zero-order valence-corrected chi connectivity index (χ0v) is 12.3. The second kappa shape index (κ2) is 6.33. The van der Waals surface area contributed by atoms with Gasteiger partial charge in [0, 0.05) is 5.56 Å². The Morgan fingerprint density at radius 3 is 2.45 bits per heavy atom. The van der Waals surface area contributed by atoms with Crippen LogP contribution in [0.15, 0.2) is 24.3 Å². The lowest BCUT2D eigenvalue weighted by molar-refractivity contribution is -0.148. The largest absolute Gasteiger partial charge is 0.465 e. The van der Waals surface area contributed by atoms with Gasteiger partial charge in [0.2, 0.25) is 0 Å². The molecule has 0 aromatic heterocycles. The fraction of sp³-hybridized carbons (Fsp3) is 0.438. The van der Waals surface area contributed by atoms with Crippen LogP contribution >= 0.6 is 0 Å². The third-order valence-electron chi connectivity index (χ3n) is 3.20. The molecule has 1 aromatic carbocycles. The summed E-state index contributed by atoms with van der Waals surface area (Å²) in [7, 11) is 0. The molecule has 0 spiro atoms. The van der Waals surface area contributed by atoms with Gasteiger partial charge >= 0.3 is 5.97 Å². The highest BCUT2D eigenvalue weighted by Gasteiger charge is 2.43. The lowest BCUT2D eigenvalue weighted by Gasteiger charge is -2.25. The monoisotopic (exact) mass is 273 g/mol. The molecule has 4 nitrogen and oxygen atoms in total. The Balaban J connectivity index is 3.26. The number of nitriles is 1. The number of hydrogen-bond acceptors (Lipinski definition) is 4. The molecule has 106 valence electrons. The summed E-state index contributed by atoms with van der Waals surface area (Å²) in [6, 6.07) is 9.05. The fourth-order valence-electron chi connectivity index (χ4n) is 2.02. The van der Waals surface area contributed by atoms with E-state index >= 15 is 0 Å². The molecular weight excluding hydrogens is 254 g/mol. The van der Waals surface area contributed by atoms with Crippen LogP contribution in [-0.2, 0) is 9.53 Å². The van der Waals surface area contributed by atoms with Crippen molar-refractivity contribution >= 4 is 11.8 Å². The summed E-state index contributed by atoms with van der Waals surface area (Å²) < 4.78 is 4.96. The third kappa shape index (κ3) is 3.24. The lowest BCUT2D eigenvalue weighted by Crippen LogP contribution is -2.38. The smallest absolute Gasteiger partial charge is 0.318 e. The lowest BCUT2D eigenvalue weighted by atomic mass is 9.75. The standard InChI is InChI=1S/C16H19NO3/c1-5-20-15(19)13(16(3,4)10-17)14(18)12-9-7-6-8-11(12)2/h6-9,13H,5H2,1-4H3. The first-order valence-corrected chi connectivity index (χ1v) is 6.53. The van der Waals surface area contributed by atoms with Crippen molar-refractivity contribution in [2.75, 3.05) is 6.61 Å². The van der Waals surface area contributed by atoms with Gasteiger partial charge in [0.1, 0.15) is 5.92 Å². The first kappa shape index (κ1) is 15.9. The van der Waals surface area contributed by atoms with Gasteiger partial charge in [-0.2, -0.15) is 5.26 Å². The molecule has 0 saturated carbocycles. The summed E-state index contributed by atoms with van der Waals surface area (Å²) in [5, 5.41) is 9.24. The molecule has 1 unspecified atom stereocenters. The summed E-state index contributed by atoms with van der Waals surface area (Å²) >= 11 is 0. The number of ether oxygens (including phenoxy) is 1. The SMILES string of the molecule is CCOC(=O)C(C(=O)c1ccccc1C)C(C)(C)C#N. The Morgan fingerprint density at radius 1 is 1.35 bits per heavy atom. The van der Waals surface area contributed by atoms with Gasteiger partial charge in [-0.1, -0.05) is 24.3 Å². The van der Waals surface area contributed by atoms with Gasteiger partial charge < -0.3 is 4.74 Å². The minimum absolute atomic E-state index is 0.178. The van der Waals surface area contributed by atoms with Gasteiger partial charge in [0.15, 0.2) is 5.78 Å². The summed E-state index contributed by atoms with van der Waals surface area (Å²) in [6.07, 6.45) is 0. The van der Waals surface area contributed by atoms with Crippen LogP contribution in [0, 0.1) is 29.6 Å². The topological polar surface area (TPSA) is 67.2 Å². The molecule has 1 aromatic rings. The maximum absolute atomic E-state index is 12.6. The predicted molar refractivity (Wildman–Crippen MR) is 75.0 cm³/mol. The predicted octanol–water partition coefficient (Wildman–Crippen LogP) is 2.91. The summed E-state index contributed by atoms with van der Waals surface area (Å²) in [4.78, 5) is 24.7. The number of ketones is 1. The van der Waals surface area contributed by atoms with E-state index in [1.54, 1.807) is 45.9 Å². The molecule has 0 amide bonds. The zero-order valence-electron chi connectivity index (χ0n) is 12.3. The van der Waals surface area contributed by atoms with E-state index in [0.717, 1.165) is 5.56 Å². The molecule has 0 aliphatic heterocycles. The van der Waals surface area contributed by atoms with E-state index in [1.807, 2.05) is 12.1 Å². The first-order chi connectivity index (χ1) is 9.35. The zero-order chi connectivity index (χ0) is 15.3. The molecule has 0 N–H and O–H groups in total. The van der Waals surface area contributed by atoms with Crippen LogP contribution in [0.1, 0.15) is 36.7 Å². The van der Waals surface area contributed by atoms with Gasteiger partial charge in [-0.25, -0.2) is 0 Å². The van der Waals surface area contributed by atoms with E-state index in [9.17, 15) is 14.9 Å². The van der Waals surface area contributed by atoms with Crippen LogP contribution in [0.5, 0.6) is 0 Å². The van der Waals surface area contributed by atoms with Crippen molar-refractivity contribution in [3.05, 3.63) is 35.4 Å². The van der Waals surface area contributed by atoms with Crippen molar-refractivity contribution in [2.45, 2.75) is 27.7 Å². The van der Waals surface area contributed by atoms with Crippen LogP contribution in [0.3, 0.4) is 0 Å². The Morgan fingerprint density at radius 2 is 1.95 bits per heavy atom. The van der Waals surface area contributed by atoms with Crippen molar-refractivity contribution in [3.8, 4) is 6.07 Å². The number of esters is 1. The van der Waals surface area contributed by atoms with Crippen molar-refractivity contribution in [1.82, 2.24) is 0 Å². The van der Waals surface area contributed by atoms with Gasteiger partial charge in [-0.3, -0.25) is 9.59 Å².